The molecule has 1 aliphatic rings. The monoisotopic (exact) mass is 211 g/mol. The van der Waals surface area contributed by atoms with Gasteiger partial charge in [-0.2, -0.15) is 0 Å². The van der Waals surface area contributed by atoms with Crippen molar-refractivity contribution in [3.8, 4) is 0 Å². The molecule has 1 aliphatic carbocycles. The van der Waals surface area contributed by atoms with Crippen LogP contribution in [-0.4, -0.2) is 23.9 Å². The molecule has 2 heteroatoms. The summed E-state index contributed by atoms with van der Waals surface area (Å²) in [6, 6.07) is 0. The van der Waals surface area contributed by atoms with E-state index >= 15 is 0 Å². The maximum Gasteiger partial charge on any atom is 0.222 e. The lowest BCUT2D eigenvalue weighted by Gasteiger charge is -2.28. The van der Waals surface area contributed by atoms with Gasteiger partial charge in [0.25, 0.3) is 0 Å². The van der Waals surface area contributed by atoms with Gasteiger partial charge in [0.2, 0.25) is 5.91 Å². The van der Waals surface area contributed by atoms with Crippen molar-refractivity contribution in [3.05, 3.63) is 0 Å². The van der Waals surface area contributed by atoms with Crippen LogP contribution in [0.25, 0.3) is 0 Å². The molecule has 0 spiro atoms. The second-order valence-electron chi connectivity index (χ2n) is 4.90. The summed E-state index contributed by atoms with van der Waals surface area (Å²) < 4.78 is 0. The van der Waals surface area contributed by atoms with Crippen LogP contribution in [0.4, 0.5) is 0 Å². The number of amides is 1. The summed E-state index contributed by atoms with van der Waals surface area (Å²) in [4.78, 5) is 13.8. The maximum absolute atomic E-state index is 11.9. The van der Waals surface area contributed by atoms with Gasteiger partial charge in [0.05, 0.1) is 0 Å². The van der Waals surface area contributed by atoms with E-state index in [1.54, 1.807) is 0 Å². The first-order valence-corrected chi connectivity index (χ1v) is 6.45. The molecule has 15 heavy (non-hydrogen) atoms. The van der Waals surface area contributed by atoms with Gasteiger partial charge in [-0.1, -0.05) is 19.8 Å². The fraction of sp³-hybridized carbons (Fsp3) is 0.923. The maximum atomic E-state index is 11.9. The van der Waals surface area contributed by atoms with Gasteiger partial charge in [0.15, 0.2) is 0 Å². The lowest BCUT2D eigenvalue weighted by Crippen LogP contribution is -2.32. The Morgan fingerprint density at radius 1 is 1.13 bits per heavy atom. The van der Waals surface area contributed by atoms with Crippen LogP contribution < -0.4 is 0 Å². The van der Waals surface area contributed by atoms with Crippen molar-refractivity contribution >= 4 is 5.91 Å². The Hall–Kier alpha value is -0.530. The van der Waals surface area contributed by atoms with E-state index in [1.165, 1.54) is 25.7 Å². The van der Waals surface area contributed by atoms with E-state index in [0.717, 1.165) is 25.4 Å². The summed E-state index contributed by atoms with van der Waals surface area (Å²) in [5, 5.41) is 0. The van der Waals surface area contributed by atoms with Gasteiger partial charge in [-0.15, -0.1) is 0 Å². The summed E-state index contributed by atoms with van der Waals surface area (Å²) in [6.07, 6.45) is 5.93. The molecule has 0 aromatic rings. The normalized spacial score (nSPS) is 26.3. The van der Waals surface area contributed by atoms with Crippen LogP contribution in [-0.2, 0) is 4.79 Å². The van der Waals surface area contributed by atoms with Crippen molar-refractivity contribution in [2.75, 3.05) is 13.1 Å². The molecular formula is C13H25NO. The fourth-order valence-electron chi connectivity index (χ4n) is 2.49. The van der Waals surface area contributed by atoms with Crippen LogP contribution in [0.1, 0.15) is 52.9 Å². The number of rotatable bonds is 4. The SMILES string of the molecule is CCN(CC)C(=O)CC1CCC(C)CC1. The van der Waals surface area contributed by atoms with Gasteiger partial charge in [-0.25, -0.2) is 0 Å². The van der Waals surface area contributed by atoms with Crippen LogP contribution in [0.3, 0.4) is 0 Å². The van der Waals surface area contributed by atoms with Crippen LogP contribution in [0.15, 0.2) is 0 Å². The molecule has 0 aromatic carbocycles. The summed E-state index contributed by atoms with van der Waals surface area (Å²) in [6.45, 7) is 8.16. The molecule has 0 radical (unpaired) electrons. The summed E-state index contributed by atoms with van der Waals surface area (Å²) in [5.74, 6) is 1.90. The highest BCUT2D eigenvalue weighted by molar-refractivity contribution is 5.76. The van der Waals surface area contributed by atoms with Crippen molar-refractivity contribution in [2.24, 2.45) is 11.8 Å². The number of hydrogen-bond donors (Lipinski definition) is 0. The standard InChI is InChI=1S/C13H25NO/c1-4-14(5-2)13(15)10-12-8-6-11(3)7-9-12/h11-12H,4-10H2,1-3H3. The summed E-state index contributed by atoms with van der Waals surface area (Å²) in [7, 11) is 0. The second kappa shape index (κ2) is 6.14. The average Bonchev–Trinajstić information content (AvgIpc) is 2.23. The predicted octanol–water partition coefficient (Wildman–Crippen LogP) is 3.07. The summed E-state index contributed by atoms with van der Waals surface area (Å²) in [5.41, 5.74) is 0. The quantitative estimate of drug-likeness (QED) is 0.700. The molecule has 0 bridgehead atoms. The topological polar surface area (TPSA) is 20.3 Å². The van der Waals surface area contributed by atoms with E-state index in [1.807, 2.05) is 4.90 Å². The molecule has 0 aliphatic heterocycles. The molecule has 2 nitrogen and oxygen atoms in total. The van der Waals surface area contributed by atoms with E-state index in [2.05, 4.69) is 20.8 Å². The average molecular weight is 211 g/mol. The number of carbonyl (C=O) groups is 1. The highest BCUT2D eigenvalue weighted by atomic mass is 16.2. The van der Waals surface area contributed by atoms with Crippen molar-refractivity contribution < 1.29 is 4.79 Å². The van der Waals surface area contributed by atoms with E-state index in [4.69, 9.17) is 0 Å². The van der Waals surface area contributed by atoms with Gasteiger partial charge >= 0.3 is 0 Å². The first kappa shape index (κ1) is 12.5. The Balaban J connectivity index is 2.31. The Labute approximate surface area is 94.0 Å². The van der Waals surface area contributed by atoms with Crippen molar-refractivity contribution in [2.45, 2.75) is 52.9 Å². The molecule has 0 atom stereocenters. The van der Waals surface area contributed by atoms with E-state index in [0.29, 0.717) is 11.8 Å². The smallest absolute Gasteiger partial charge is 0.222 e. The molecule has 0 N–H and O–H groups in total. The third-order valence-electron chi connectivity index (χ3n) is 3.71. The molecule has 1 amide bonds. The third-order valence-corrected chi connectivity index (χ3v) is 3.71. The largest absolute Gasteiger partial charge is 0.343 e. The molecule has 1 fully saturated rings. The minimum atomic E-state index is 0.361. The minimum Gasteiger partial charge on any atom is -0.343 e. The van der Waals surface area contributed by atoms with Gasteiger partial charge in [-0.05, 0) is 38.5 Å². The van der Waals surface area contributed by atoms with Crippen LogP contribution in [0, 0.1) is 11.8 Å². The molecular weight excluding hydrogens is 186 g/mol. The lowest BCUT2D eigenvalue weighted by atomic mass is 9.81. The Bertz CT molecular complexity index is 191. The van der Waals surface area contributed by atoms with Crippen molar-refractivity contribution in [1.29, 1.82) is 0 Å². The first-order chi connectivity index (χ1) is 7.17. The zero-order chi connectivity index (χ0) is 11.3. The molecule has 0 unspecified atom stereocenters. The van der Waals surface area contributed by atoms with E-state index in [9.17, 15) is 4.79 Å². The van der Waals surface area contributed by atoms with E-state index < -0.39 is 0 Å². The summed E-state index contributed by atoms with van der Waals surface area (Å²) >= 11 is 0. The number of hydrogen-bond acceptors (Lipinski definition) is 1. The molecule has 88 valence electrons. The van der Waals surface area contributed by atoms with Crippen LogP contribution in [0.5, 0.6) is 0 Å². The van der Waals surface area contributed by atoms with Gasteiger partial charge in [0, 0.05) is 19.5 Å². The number of carbonyl (C=O) groups excluding carboxylic acids is 1. The Morgan fingerprint density at radius 2 is 1.67 bits per heavy atom. The van der Waals surface area contributed by atoms with Gasteiger partial charge in [0.1, 0.15) is 0 Å². The Kier molecular flexibility index (Phi) is 5.13. The highest BCUT2D eigenvalue weighted by Gasteiger charge is 2.22. The first-order valence-electron chi connectivity index (χ1n) is 6.45. The predicted molar refractivity (Wildman–Crippen MR) is 63.7 cm³/mol. The fourth-order valence-corrected chi connectivity index (χ4v) is 2.49. The third kappa shape index (κ3) is 3.84. The second-order valence-corrected chi connectivity index (χ2v) is 4.90. The van der Waals surface area contributed by atoms with E-state index in [-0.39, 0.29) is 0 Å². The Morgan fingerprint density at radius 3 is 2.13 bits per heavy atom. The number of nitrogens with zero attached hydrogens (tertiary/aromatic N) is 1. The zero-order valence-electron chi connectivity index (χ0n) is 10.5. The molecule has 0 aromatic heterocycles. The van der Waals surface area contributed by atoms with Crippen molar-refractivity contribution in [1.82, 2.24) is 4.90 Å². The zero-order valence-corrected chi connectivity index (χ0v) is 10.5. The van der Waals surface area contributed by atoms with Crippen LogP contribution >= 0.6 is 0 Å². The van der Waals surface area contributed by atoms with Gasteiger partial charge in [-0.3, -0.25) is 4.79 Å². The molecule has 1 saturated carbocycles. The highest BCUT2D eigenvalue weighted by Crippen LogP contribution is 2.30. The molecule has 0 saturated heterocycles. The van der Waals surface area contributed by atoms with Gasteiger partial charge < -0.3 is 4.90 Å². The van der Waals surface area contributed by atoms with Crippen LogP contribution in [0.2, 0.25) is 0 Å². The molecule has 1 rings (SSSR count). The molecule has 0 heterocycles. The van der Waals surface area contributed by atoms with Crippen molar-refractivity contribution in [3.63, 3.8) is 0 Å². The lowest BCUT2D eigenvalue weighted by molar-refractivity contribution is -0.132. The minimum absolute atomic E-state index is 0.361.